The van der Waals surface area contributed by atoms with E-state index in [4.69, 9.17) is 11.5 Å². The summed E-state index contributed by atoms with van der Waals surface area (Å²) in [4.78, 5) is 16.1. The molecule has 0 spiro atoms. The molecule has 2 rings (SSSR count). The Morgan fingerprint density at radius 2 is 2.18 bits per heavy atom. The lowest BCUT2D eigenvalue weighted by Gasteiger charge is -2.04. The first-order valence-electron chi connectivity index (χ1n) is 5.26. The van der Waals surface area contributed by atoms with Gasteiger partial charge in [0.05, 0.1) is 9.88 Å². The van der Waals surface area contributed by atoms with Gasteiger partial charge in [-0.15, -0.1) is 11.3 Å². The summed E-state index contributed by atoms with van der Waals surface area (Å²) in [6, 6.07) is 5.15. The first-order chi connectivity index (χ1) is 8.15. The number of nitrogens with zero attached hydrogens (tertiary/aromatic N) is 1. The van der Waals surface area contributed by atoms with Gasteiger partial charge >= 0.3 is 0 Å². The molecule has 0 fully saturated rings. The van der Waals surface area contributed by atoms with E-state index >= 15 is 0 Å². The number of carbonyl (C=O) groups excluding carboxylic acids is 1. The van der Waals surface area contributed by atoms with Crippen LogP contribution in [-0.2, 0) is 6.42 Å². The van der Waals surface area contributed by atoms with Gasteiger partial charge < -0.3 is 11.5 Å². The second-order valence-electron chi connectivity index (χ2n) is 3.64. The van der Waals surface area contributed by atoms with E-state index in [0.717, 1.165) is 28.2 Å². The van der Waals surface area contributed by atoms with Crippen LogP contribution < -0.4 is 11.5 Å². The van der Waals surface area contributed by atoms with Crippen LogP contribution in [0, 0.1) is 0 Å². The molecule has 0 aliphatic carbocycles. The minimum atomic E-state index is 0.459. The first kappa shape index (κ1) is 11.6. The second-order valence-corrected chi connectivity index (χ2v) is 4.72. The zero-order chi connectivity index (χ0) is 12.4. The molecule has 1 aromatic heterocycles. The Morgan fingerprint density at radius 1 is 1.41 bits per heavy atom. The van der Waals surface area contributed by atoms with Gasteiger partial charge in [-0.1, -0.05) is 6.92 Å². The van der Waals surface area contributed by atoms with Crippen molar-refractivity contribution in [2.24, 2.45) is 0 Å². The zero-order valence-corrected chi connectivity index (χ0v) is 10.3. The van der Waals surface area contributed by atoms with E-state index in [-0.39, 0.29) is 0 Å². The third kappa shape index (κ3) is 2.14. The smallest absolute Gasteiger partial charge is 0.150 e. The van der Waals surface area contributed by atoms with Crippen LogP contribution in [-0.4, -0.2) is 11.3 Å². The highest BCUT2D eigenvalue weighted by Crippen LogP contribution is 2.35. The third-order valence-corrected chi connectivity index (χ3v) is 3.70. The summed E-state index contributed by atoms with van der Waals surface area (Å²) in [7, 11) is 0. The van der Waals surface area contributed by atoms with Crippen LogP contribution in [0.3, 0.4) is 0 Å². The summed E-state index contributed by atoms with van der Waals surface area (Å²) in [5, 5.41) is 0.955. The number of aromatic nitrogens is 1. The van der Waals surface area contributed by atoms with Crippen molar-refractivity contribution in [2.75, 3.05) is 11.5 Å². The number of aldehydes is 1. The molecule has 0 radical (unpaired) electrons. The molecule has 4 nitrogen and oxygen atoms in total. The van der Waals surface area contributed by atoms with Crippen molar-refractivity contribution in [3.8, 4) is 10.4 Å². The van der Waals surface area contributed by atoms with Crippen molar-refractivity contribution in [1.82, 2.24) is 4.98 Å². The fraction of sp³-hybridized carbons (Fsp3) is 0.167. The quantitative estimate of drug-likeness (QED) is 0.644. The highest BCUT2D eigenvalue weighted by molar-refractivity contribution is 7.15. The maximum Gasteiger partial charge on any atom is 0.150 e. The van der Waals surface area contributed by atoms with E-state index in [1.165, 1.54) is 11.3 Å². The normalized spacial score (nSPS) is 10.4. The molecule has 0 atom stereocenters. The van der Waals surface area contributed by atoms with Gasteiger partial charge in [-0.3, -0.25) is 4.79 Å². The molecule has 2 aromatic rings. The average Bonchev–Trinajstić information content (AvgIpc) is 2.70. The molecule has 17 heavy (non-hydrogen) atoms. The highest BCUT2D eigenvalue weighted by atomic mass is 32.1. The second kappa shape index (κ2) is 4.55. The maximum absolute atomic E-state index is 11.0. The maximum atomic E-state index is 11.0. The summed E-state index contributed by atoms with van der Waals surface area (Å²) in [6.07, 6.45) is 1.63. The van der Waals surface area contributed by atoms with Crippen molar-refractivity contribution < 1.29 is 4.79 Å². The van der Waals surface area contributed by atoms with Gasteiger partial charge in [0.15, 0.2) is 6.29 Å². The number of nitrogens with two attached hydrogens (primary N) is 2. The van der Waals surface area contributed by atoms with Crippen LogP contribution in [0.25, 0.3) is 10.4 Å². The van der Waals surface area contributed by atoms with Crippen LogP contribution in [0.5, 0.6) is 0 Å². The fourth-order valence-electron chi connectivity index (χ4n) is 1.60. The van der Waals surface area contributed by atoms with E-state index in [1.54, 1.807) is 18.2 Å². The molecule has 0 aliphatic heterocycles. The Bertz CT molecular complexity index is 563. The molecule has 0 unspecified atom stereocenters. The number of anilines is 2. The summed E-state index contributed by atoms with van der Waals surface area (Å²) < 4.78 is 0. The molecule has 0 saturated heterocycles. The predicted molar refractivity (Wildman–Crippen MR) is 71.1 cm³/mol. The molecule has 1 aromatic carbocycles. The summed E-state index contributed by atoms with van der Waals surface area (Å²) in [5.74, 6) is 0.459. The lowest BCUT2D eigenvalue weighted by Crippen LogP contribution is -1.93. The molecular formula is C12H13N3OS. The minimum Gasteiger partial charge on any atom is -0.399 e. The molecule has 88 valence electrons. The van der Waals surface area contributed by atoms with Gasteiger partial charge in [-0.25, -0.2) is 4.98 Å². The lowest BCUT2D eigenvalue weighted by molar-refractivity contribution is 0.112. The fourth-order valence-corrected chi connectivity index (χ4v) is 2.56. The Labute approximate surface area is 103 Å². The molecular weight excluding hydrogens is 234 g/mol. The number of thiazole rings is 1. The number of carbonyl (C=O) groups is 1. The highest BCUT2D eigenvalue weighted by Gasteiger charge is 2.13. The van der Waals surface area contributed by atoms with E-state index in [2.05, 4.69) is 4.98 Å². The molecule has 0 saturated carbocycles. The van der Waals surface area contributed by atoms with Gasteiger partial charge in [-0.05, 0) is 24.6 Å². The number of aryl methyl sites for hydroxylation is 1. The minimum absolute atomic E-state index is 0.459. The Hall–Kier alpha value is -1.88. The molecule has 0 aliphatic rings. The number of hydrogen-bond acceptors (Lipinski definition) is 5. The third-order valence-electron chi connectivity index (χ3n) is 2.45. The molecule has 5 heteroatoms. The van der Waals surface area contributed by atoms with Crippen molar-refractivity contribution >= 4 is 29.1 Å². The Kier molecular flexibility index (Phi) is 3.10. The van der Waals surface area contributed by atoms with Crippen LogP contribution in [0.1, 0.15) is 22.3 Å². The zero-order valence-electron chi connectivity index (χ0n) is 9.43. The predicted octanol–water partition coefficient (Wildman–Crippen LogP) is 2.35. The average molecular weight is 247 g/mol. The van der Waals surface area contributed by atoms with E-state index in [0.29, 0.717) is 17.1 Å². The van der Waals surface area contributed by atoms with Gasteiger partial charge in [0.1, 0.15) is 5.82 Å². The van der Waals surface area contributed by atoms with Crippen LogP contribution in [0.2, 0.25) is 0 Å². The van der Waals surface area contributed by atoms with Crippen LogP contribution >= 0.6 is 11.3 Å². The Balaban J connectivity index is 2.62. The van der Waals surface area contributed by atoms with Crippen LogP contribution in [0.4, 0.5) is 11.5 Å². The molecule has 4 N–H and O–H groups in total. The van der Waals surface area contributed by atoms with Crippen LogP contribution in [0.15, 0.2) is 18.2 Å². The topological polar surface area (TPSA) is 82.0 Å². The largest absolute Gasteiger partial charge is 0.399 e. The monoisotopic (exact) mass is 247 g/mol. The van der Waals surface area contributed by atoms with Gasteiger partial charge in [0.2, 0.25) is 0 Å². The van der Waals surface area contributed by atoms with Crippen molar-refractivity contribution in [1.29, 1.82) is 0 Å². The Morgan fingerprint density at radius 3 is 2.76 bits per heavy atom. The standard InChI is InChI=1S/C12H13N3OS/c1-2-10-15-12(14)11(17-10)9-5-8(13)4-3-7(9)6-16/h3-6H,2,13-14H2,1H3. The molecule has 0 bridgehead atoms. The number of rotatable bonds is 3. The van der Waals surface area contributed by atoms with Gasteiger partial charge in [0, 0.05) is 16.8 Å². The number of benzene rings is 1. The summed E-state index contributed by atoms with van der Waals surface area (Å²) in [5.41, 5.74) is 13.5. The number of nitrogen functional groups attached to an aromatic ring is 2. The SMILES string of the molecule is CCc1nc(N)c(-c2cc(N)ccc2C=O)s1. The first-order valence-corrected chi connectivity index (χ1v) is 6.07. The molecule has 1 heterocycles. The van der Waals surface area contributed by atoms with E-state index < -0.39 is 0 Å². The van der Waals surface area contributed by atoms with Crippen molar-refractivity contribution in [2.45, 2.75) is 13.3 Å². The summed E-state index contributed by atoms with van der Waals surface area (Å²) >= 11 is 1.50. The van der Waals surface area contributed by atoms with E-state index in [9.17, 15) is 4.79 Å². The van der Waals surface area contributed by atoms with Gasteiger partial charge in [-0.2, -0.15) is 0 Å². The van der Waals surface area contributed by atoms with Crippen molar-refractivity contribution in [3.63, 3.8) is 0 Å². The van der Waals surface area contributed by atoms with E-state index in [1.807, 2.05) is 6.92 Å². The number of hydrogen-bond donors (Lipinski definition) is 2. The lowest BCUT2D eigenvalue weighted by atomic mass is 10.1. The summed E-state index contributed by atoms with van der Waals surface area (Å²) in [6.45, 7) is 2.02. The van der Waals surface area contributed by atoms with Crippen molar-refractivity contribution in [3.05, 3.63) is 28.8 Å². The molecule has 0 amide bonds. The van der Waals surface area contributed by atoms with Gasteiger partial charge in [0.25, 0.3) is 0 Å².